The van der Waals surface area contributed by atoms with Gasteiger partial charge in [0.2, 0.25) is 0 Å². The summed E-state index contributed by atoms with van der Waals surface area (Å²) in [5.74, 6) is 0.532. The number of benzene rings is 1. The van der Waals surface area contributed by atoms with E-state index in [4.69, 9.17) is 10.00 Å². The van der Waals surface area contributed by atoms with Crippen LogP contribution in [-0.2, 0) is 0 Å². The van der Waals surface area contributed by atoms with E-state index in [-0.39, 0.29) is 24.8 Å². The number of piperidine rings is 1. The highest BCUT2D eigenvalue weighted by Gasteiger charge is 2.26. The Morgan fingerprint density at radius 2 is 2.30 bits per heavy atom. The highest BCUT2D eigenvalue weighted by Crippen LogP contribution is 2.28. The molecule has 1 aromatic rings. The zero-order valence-electron chi connectivity index (χ0n) is 13.6. The van der Waals surface area contributed by atoms with Gasteiger partial charge in [0.05, 0.1) is 36.1 Å². The van der Waals surface area contributed by atoms with Gasteiger partial charge in [-0.3, -0.25) is 0 Å². The number of urea groups is 1. The molecule has 0 radical (unpaired) electrons. The number of carbonyl (C=O) groups excluding carboxylic acids is 1. The second-order valence-electron chi connectivity index (χ2n) is 5.95. The fourth-order valence-corrected chi connectivity index (χ4v) is 2.70. The predicted molar refractivity (Wildman–Crippen MR) is 87.4 cm³/mol. The van der Waals surface area contributed by atoms with Crippen molar-refractivity contribution in [2.24, 2.45) is 0 Å². The molecular formula is C17H23N3O3. The average molecular weight is 317 g/mol. The predicted octanol–water partition coefficient (Wildman–Crippen LogP) is 2.72. The first-order chi connectivity index (χ1) is 11.0. The van der Waals surface area contributed by atoms with Gasteiger partial charge in [0, 0.05) is 6.54 Å². The molecule has 124 valence electrons. The van der Waals surface area contributed by atoms with Gasteiger partial charge < -0.3 is 20.1 Å². The minimum absolute atomic E-state index is 0.0407. The van der Waals surface area contributed by atoms with Gasteiger partial charge in [-0.2, -0.15) is 5.26 Å². The Kier molecular flexibility index (Phi) is 5.83. The molecule has 0 unspecified atom stereocenters. The molecule has 1 fully saturated rings. The van der Waals surface area contributed by atoms with Gasteiger partial charge >= 0.3 is 6.03 Å². The number of nitrogens with zero attached hydrogens (tertiary/aromatic N) is 2. The number of hydrogen-bond acceptors (Lipinski definition) is 4. The molecule has 23 heavy (non-hydrogen) atoms. The van der Waals surface area contributed by atoms with Crippen molar-refractivity contribution in [1.29, 1.82) is 5.26 Å². The van der Waals surface area contributed by atoms with E-state index in [9.17, 15) is 9.90 Å². The lowest BCUT2D eigenvalue weighted by molar-refractivity contribution is 0.115. The lowest BCUT2D eigenvalue weighted by Crippen LogP contribution is -2.47. The molecule has 1 atom stereocenters. The number of ether oxygens (including phenoxy) is 1. The highest BCUT2D eigenvalue weighted by molar-refractivity contribution is 5.91. The molecule has 6 nitrogen and oxygen atoms in total. The standard InChI is InChI=1S/C17H23N3O3/c1-12(2)23-16-7-6-13(10-18)9-15(16)19-17(22)20-8-4-3-5-14(20)11-21/h6-7,9,12,14,21H,3-5,8,11H2,1-2H3,(H,19,22)/t14-/m1/s1. The Morgan fingerprint density at radius 3 is 2.96 bits per heavy atom. The monoisotopic (exact) mass is 317 g/mol. The number of hydrogen-bond donors (Lipinski definition) is 2. The van der Waals surface area contributed by atoms with Crippen LogP contribution in [0.3, 0.4) is 0 Å². The Labute approximate surface area is 136 Å². The SMILES string of the molecule is CC(C)Oc1ccc(C#N)cc1NC(=O)N1CCCC[C@@H]1CO. The number of aliphatic hydroxyl groups is 1. The largest absolute Gasteiger partial charge is 0.489 e. The van der Waals surface area contributed by atoms with Gasteiger partial charge in [-0.15, -0.1) is 0 Å². The summed E-state index contributed by atoms with van der Waals surface area (Å²) >= 11 is 0. The average Bonchev–Trinajstić information content (AvgIpc) is 2.55. The highest BCUT2D eigenvalue weighted by atomic mass is 16.5. The summed E-state index contributed by atoms with van der Waals surface area (Å²) in [4.78, 5) is 14.2. The van der Waals surface area contributed by atoms with Crippen molar-refractivity contribution in [2.75, 3.05) is 18.5 Å². The smallest absolute Gasteiger partial charge is 0.322 e. The molecule has 1 aromatic carbocycles. The summed E-state index contributed by atoms with van der Waals surface area (Å²) in [6.07, 6.45) is 2.70. The number of rotatable bonds is 4. The molecule has 0 aliphatic carbocycles. The number of likely N-dealkylation sites (tertiary alicyclic amines) is 1. The molecule has 1 saturated heterocycles. The number of nitriles is 1. The van der Waals surface area contributed by atoms with Crippen LogP contribution in [0.5, 0.6) is 5.75 Å². The zero-order valence-corrected chi connectivity index (χ0v) is 13.6. The third-order valence-electron chi connectivity index (χ3n) is 3.81. The molecular weight excluding hydrogens is 294 g/mol. The van der Waals surface area contributed by atoms with E-state index in [1.54, 1.807) is 23.1 Å². The molecule has 0 bridgehead atoms. The van der Waals surface area contributed by atoms with E-state index < -0.39 is 0 Å². The molecule has 2 N–H and O–H groups in total. The van der Waals surface area contributed by atoms with E-state index in [2.05, 4.69) is 11.4 Å². The molecule has 6 heteroatoms. The number of anilines is 1. The Balaban J connectivity index is 2.20. The summed E-state index contributed by atoms with van der Waals surface area (Å²) in [6.45, 7) is 4.38. The lowest BCUT2D eigenvalue weighted by Gasteiger charge is -2.34. The minimum atomic E-state index is -0.271. The summed E-state index contributed by atoms with van der Waals surface area (Å²) < 4.78 is 5.69. The summed E-state index contributed by atoms with van der Waals surface area (Å²) in [5, 5.41) is 21.3. The van der Waals surface area contributed by atoms with Crippen LogP contribution in [0.1, 0.15) is 38.7 Å². The van der Waals surface area contributed by atoms with Crippen molar-refractivity contribution in [3.8, 4) is 11.8 Å². The second-order valence-corrected chi connectivity index (χ2v) is 5.95. The van der Waals surface area contributed by atoms with E-state index in [0.717, 1.165) is 19.3 Å². The quantitative estimate of drug-likeness (QED) is 0.894. The van der Waals surface area contributed by atoms with Crippen molar-refractivity contribution < 1.29 is 14.6 Å². The fraction of sp³-hybridized carbons (Fsp3) is 0.529. The topological polar surface area (TPSA) is 85.6 Å². The van der Waals surface area contributed by atoms with Crippen molar-refractivity contribution in [1.82, 2.24) is 4.90 Å². The van der Waals surface area contributed by atoms with Crippen LogP contribution in [0.2, 0.25) is 0 Å². The molecule has 2 amide bonds. The van der Waals surface area contributed by atoms with E-state index >= 15 is 0 Å². The van der Waals surface area contributed by atoms with Crippen LogP contribution in [0, 0.1) is 11.3 Å². The first-order valence-corrected chi connectivity index (χ1v) is 7.94. The van der Waals surface area contributed by atoms with Crippen molar-refractivity contribution in [2.45, 2.75) is 45.3 Å². The molecule has 1 aliphatic heterocycles. The Morgan fingerprint density at radius 1 is 1.52 bits per heavy atom. The molecule has 0 spiro atoms. The maximum absolute atomic E-state index is 12.5. The van der Waals surface area contributed by atoms with Gasteiger partial charge in [0.15, 0.2) is 0 Å². The van der Waals surface area contributed by atoms with Crippen LogP contribution < -0.4 is 10.1 Å². The number of carbonyl (C=O) groups is 1. The van der Waals surface area contributed by atoms with Gasteiger partial charge in [0.1, 0.15) is 5.75 Å². The summed E-state index contributed by atoms with van der Waals surface area (Å²) in [6, 6.07) is 6.58. The Hall–Kier alpha value is -2.26. The Bertz CT molecular complexity index is 595. The number of nitrogens with one attached hydrogen (secondary N) is 1. The lowest BCUT2D eigenvalue weighted by atomic mass is 10.0. The van der Waals surface area contributed by atoms with Crippen LogP contribution in [0.15, 0.2) is 18.2 Å². The molecule has 0 aromatic heterocycles. The van der Waals surface area contributed by atoms with Gasteiger partial charge in [0.25, 0.3) is 0 Å². The molecule has 1 heterocycles. The zero-order chi connectivity index (χ0) is 16.8. The van der Waals surface area contributed by atoms with E-state index in [0.29, 0.717) is 23.5 Å². The van der Waals surface area contributed by atoms with E-state index in [1.807, 2.05) is 13.8 Å². The first kappa shape index (κ1) is 17.1. The maximum atomic E-state index is 12.5. The normalized spacial score (nSPS) is 17.7. The second kappa shape index (κ2) is 7.84. The molecule has 0 saturated carbocycles. The third-order valence-corrected chi connectivity index (χ3v) is 3.81. The first-order valence-electron chi connectivity index (χ1n) is 7.94. The molecule has 2 rings (SSSR count). The molecule has 1 aliphatic rings. The van der Waals surface area contributed by atoms with Crippen LogP contribution in [0.25, 0.3) is 0 Å². The van der Waals surface area contributed by atoms with E-state index in [1.165, 1.54) is 0 Å². The third kappa shape index (κ3) is 4.36. The fourth-order valence-electron chi connectivity index (χ4n) is 2.70. The van der Waals surface area contributed by atoms with Crippen molar-refractivity contribution in [3.63, 3.8) is 0 Å². The maximum Gasteiger partial charge on any atom is 0.322 e. The number of amides is 2. The van der Waals surface area contributed by atoms with Gasteiger partial charge in [-0.25, -0.2) is 4.79 Å². The van der Waals surface area contributed by atoms with Gasteiger partial charge in [-0.05, 0) is 51.3 Å². The number of aliphatic hydroxyl groups excluding tert-OH is 1. The van der Waals surface area contributed by atoms with Gasteiger partial charge in [-0.1, -0.05) is 0 Å². The minimum Gasteiger partial charge on any atom is -0.489 e. The summed E-state index contributed by atoms with van der Waals surface area (Å²) in [5.41, 5.74) is 0.929. The van der Waals surface area contributed by atoms with Crippen LogP contribution in [-0.4, -0.2) is 41.3 Å². The van der Waals surface area contributed by atoms with Crippen LogP contribution >= 0.6 is 0 Å². The van der Waals surface area contributed by atoms with Crippen molar-refractivity contribution in [3.05, 3.63) is 23.8 Å². The van der Waals surface area contributed by atoms with Crippen LogP contribution in [0.4, 0.5) is 10.5 Å². The summed E-state index contributed by atoms with van der Waals surface area (Å²) in [7, 11) is 0. The van der Waals surface area contributed by atoms with Crippen molar-refractivity contribution >= 4 is 11.7 Å².